The van der Waals surface area contributed by atoms with Gasteiger partial charge in [0.25, 0.3) is 0 Å². The standard InChI is InChI=1S/C22H21FN4OS/c1-27(2)12-19-25-21(24-11-14-8-9-18(28)17(23)10-14)20-16(13-29-22(20)26-19)15-6-4-3-5-7-15/h3-10,13,28H,11-12H2,1-2H3,(H,24,25,26). The van der Waals surface area contributed by atoms with E-state index in [1.54, 1.807) is 17.4 Å². The number of phenols is 1. The molecule has 0 spiro atoms. The molecule has 4 aromatic rings. The molecule has 0 aliphatic rings. The lowest BCUT2D eigenvalue weighted by Gasteiger charge is -2.13. The molecule has 5 nitrogen and oxygen atoms in total. The Kier molecular flexibility index (Phi) is 5.42. The molecule has 0 saturated carbocycles. The first-order valence-corrected chi connectivity index (χ1v) is 10.1. The molecule has 29 heavy (non-hydrogen) atoms. The average Bonchev–Trinajstić information content (AvgIpc) is 3.13. The number of aromatic hydroxyl groups is 1. The van der Waals surface area contributed by atoms with Gasteiger partial charge in [-0.2, -0.15) is 0 Å². The van der Waals surface area contributed by atoms with Crippen molar-refractivity contribution in [3.05, 3.63) is 71.1 Å². The van der Waals surface area contributed by atoms with E-state index in [9.17, 15) is 9.50 Å². The lowest BCUT2D eigenvalue weighted by Crippen LogP contribution is -2.14. The highest BCUT2D eigenvalue weighted by atomic mass is 32.1. The first kappa shape index (κ1) is 19.3. The van der Waals surface area contributed by atoms with Crippen LogP contribution < -0.4 is 5.32 Å². The predicted molar refractivity (Wildman–Crippen MR) is 116 cm³/mol. The molecule has 0 unspecified atom stereocenters. The van der Waals surface area contributed by atoms with Gasteiger partial charge in [0.15, 0.2) is 11.6 Å². The second kappa shape index (κ2) is 8.14. The SMILES string of the molecule is CN(C)Cc1nc(NCc2ccc(O)c(F)c2)c2c(-c3ccccc3)csc2n1. The molecule has 0 amide bonds. The summed E-state index contributed by atoms with van der Waals surface area (Å²) in [6.07, 6.45) is 0. The van der Waals surface area contributed by atoms with Crippen LogP contribution in [0.5, 0.6) is 5.75 Å². The lowest BCUT2D eigenvalue weighted by molar-refractivity contribution is 0.391. The zero-order valence-electron chi connectivity index (χ0n) is 16.2. The Morgan fingerprint density at radius 2 is 1.90 bits per heavy atom. The molecular formula is C22H21FN4OS. The van der Waals surface area contributed by atoms with Crippen LogP contribution in [0.4, 0.5) is 10.2 Å². The molecule has 0 atom stereocenters. The minimum absolute atomic E-state index is 0.351. The normalized spacial score (nSPS) is 11.3. The number of nitrogens with zero attached hydrogens (tertiary/aromatic N) is 3. The van der Waals surface area contributed by atoms with E-state index in [1.807, 2.05) is 37.2 Å². The molecule has 0 radical (unpaired) electrons. The Bertz CT molecular complexity index is 1140. The molecule has 0 bridgehead atoms. The molecule has 0 aliphatic carbocycles. The van der Waals surface area contributed by atoms with Gasteiger partial charge in [0.2, 0.25) is 0 Å². The van der Waals surface area contributed by atoms with Crippen molar-refractivity contribution in [2.45, 2.75) is 13.1 Å². The number of benzene rings is 2. The van der Waals surface area contributed by atoms with Crippen LogP contribution in [0.15, 0.2) is 53.9 Å². The van der Waals surface area contributed by atoms with E-state index in [1.165, 1.54) is 12.1 Å². The van der Waals surface area contributed by atoms with Gasteiger partial charge in [-0.05, 0) is 37.4 Å². The van der Waals surface area contributed by atoms with E-state index in [4.69, 9.17) is 9.97 Å². The fourth-order valence-corrected chi connectivity index (χ4v) is 4.11. The minimum Gasteiger partial charge on any atom is -0.505 e. The molecule has 148 valence electrons. The number of thiophene rings is 1. The molecule has 7 heteroatoms. The fraction of sp³-hybridized carbons (Fsp3) is 0.182. The largest absolute Gasteiger partial charge is 0.505 e. The van der Waals surface area contributed by atoms with Gasteiger partial charge in [0.1, 0.15) is 16.5 Å². The van der Waals surface area contributed by atoms with Gasteiger partial charge in [-0.15, -0.1) is 11.3 Å². The summed E-state index contributed by atoms with van der Waals surface area (Å²) in [6, 6.07) is 14.5. The number of phenolic OH excluding ortho intramolecular Hbond substituents is 1. The molecule has 0 saturated heterocycles. The molecule has 2 heterocycles. The number of rotatable bonds is 6. The maximum atomic E-state index is 13.7. The zero-order valence-corrected chi connectivity index (χ0v) is 17.0. The third-order valence-corrected chi connectivity index (χ3v) is 5.37. The first-order chi connectivity index (χ1) is 14.0. The summed E-state index contributed by atoms with van der Waals surface area (Å²) in [6.45, 7) is 1.01. The number of anilines is 1. The summed E-state index contributed by atoms with van der Waals surface area (Å²) in [5, 5.41) is 15.8. The van der Waals surface area contributed by atoms with E-state index in [0.29, 0.717) is 13.1 Å². The predicted octanol–water partition coefficient (Wildman–Crippen LogP) is 4.88. The summed E-state index contributed by atoms with van der Waals surface area (Å²) < 4.78 is 13.7. The molecular weight excluding hydrogens is 387 g/mol. The second-order valence-corrected chi connectivity index (χ2v) is 7.92. The van der Waals surface area contributed by atoms with Gasteiger partial charge < -0.3 is 15.3 Å². The van der Waals surface area contributed by atoms with Crippen LogP contribution in [0.25, 0.3) is 21.3 Å². The number of halogens is 1. The maximum Gasteiger partial charge on any atom is 0.165 e. The van der Waals surface area contributed by atoms with Crippen LogP contribution in [0.2, 0.25) is 0 Å². The van der Waals surface area contributed by atoms with Crippen LogP contribution in [0.3, 0.4) is 0 Å². The van der Waals surface area contributed by atoms with Crippen molar-refractivity contribution in [1.29, 1.82) is 0 Å². The Hall–Kier alpha value is -3.03. The second-order valence-electron chi connectivity index (χ2n) is 7.06. The Labute approximate surface area is 172 Å². The van der Waals surface area contributed by atoms with Crippen LogP contribution >= 0.6 is 11.3 Å². The van der Waals surface area contributed by atoms with Gasteiger partial charge in [-0.25, -0.2) is 14.4 Å². The molecule has 4 rings (SSSR count). The molecule has 2 N–H and O–H groups in total. The fourth-order valence-electron chi connectivity index (χ4n) is 3.14. The van der Waals surface area contributed by atoms with Gasteiger partial charge in [-0.3, -0.25) is 0 Å². The first-order valence-electron chi connectivity index (χ1n) is 9.21. The van der Waals surface area contributed by atoms with Crippen LogP contribution in [-0.2, 0) is 13.1 Å². The van der Waals surface area contributed by atoms with E-state index < -0.39 is 5.82 Å². The van der Waals surface area contributed by atoms with Crippen LogP contribution in [0.1, 0.15) is 11.4 Å². The Balaban J connectivity index is 1.76. The Morgan fingerprint density at radius 1 is 1.10 bits per heavy atom. The number of fused-ring (bicyclic) bond motifs is 1. The molecule has 2 aromatic carbocycles. The van der Waals surface area contributed by atoms with Crippen molar-refractivity contribution in [2.24, 2.45) is 0 Å². The number of hydrogen-bond acceptors (Lipinski definition) is 6. The maximum absolute atomic E-state index is 13.7. The smallest absolute Gasteiger partial charge is 0.165 e. The van der Waals surface area contributed by atoms with Gasteiger partial charge in [-0.1, -0.05) is 36.4 Å². The van der Waals surface area contributed by atoms with Crippen molar-refractivity contribution in [3.8, 4) is 16.9 Å². The van der Waals surface area contributed by atoms with Gasteiger partial charge in [0, 0.05) is 17.5 Å². The highest BCUT2D eigenvalue weighted by Crippen LogP contribution is 2.37. The minimum atomic E-state index is -0.633. The van der Waals surface area contributed by atoms with E-state index in [2.05, 4.69) is 22.8 Å². The average molecular weight is 409 g/mol. The van der Waals surface area contributed by atoms with Gasteiger partial charge >= 0.3 is 0 Å². The summed E-state index contributed by atoms with van der Waals surface area (Å²) in [4.78, 5) is 12.4. The van der Waals surface area contributed by atoms with Crippen molar-refractivity contribution in [2.75, 3.05) is 19.4 Å². The highest BCUT2D eigenvalue weighted by Gasteiger charge is 2.16. The highest BCUT2D eigenvalue weighted by molar-refractivity contribution is 7.17. The van der Waals surface area contributed by atoms with E-state index >= 15 is 0 Å². The molecule has 0 aliphatic heterocycles. The summed E-state index contributed by atoms with van der Waals surface area (Å²) in [5.74, 6) is 0.463. The van der Waals surface area contributed by atoms with E-state index in [-0.39, 0.29) is 5.75 Å². The van der Waals surface area contributed by atoms with Crippen molar-refractivity contribution in [3.63, 3.8) is 0 Å². The zero-order chi connectivity index (χ0) is 20.4. The number of aromatic nitrogens is 2. The van der Waals surface area contributed by atoms with Crippen LogP contribution in [0, 0.1) is 5.82 Å². The molecule has 0 fully saturated rings. The molecule has 2 aromatic heterocycles. The Morgan fingerprint density at radius 3 is 2.62 bits per heavy atom. The summed E-state index contributed by atoms with van der Waals surface area (Å²) in [7, 11) is 3.95. The third-order valence-electron chi connectivity index (χ3n) is 4.49. The number of hydrogen-bond donors (Lipinski definition) is 2. The van der Waals surface area contributed by atoms with Crippen molar-refractivity contribution < 1.29 is 9.50 Å². The number of nitrogens with one attached hydrogen (secondary N) is 1. The van der Waals surface area contributed by atoms with E-state index in [0.717, 1.165) is 38.5 Å². The van der Waals surface area contributed by atoms with Crippen molar-refractivity contribution in [1.82, 2.24) is 14.9 Å². The summed E-state index contributed by atoms with van der Waals surface area (Å²) in [5.41, 5.74) is 2.89. The lowest BCUT2D eigenvalue weighted by atomic mass is 10.1. The van der Waals surface area contributed by atoms with Crippen LogP contribution in [-0.4, -0.2) is 34.1 Å². The van der Waals surface area contributed by atoms with Gasteiger partial charge in [0.05, 0.1) is 11.9 Å². The topological polar surface area (TPSA) is 61.3 Å². The van der Waals surface area contributed by atoms with Crippen molar-refractivity contribution >= 4 is 27.4 Å². The summed E-state index contributed by atoms with van der Waals surface area (Å²) >= 11 is 1.59. The third kappa shape index (κ3) is 4.21. The monoisotopic (exact) mass is 408 g/mol. The quantitative estimate of drug-likeness (QED) is 0.476.